The molecule has 0 heterocycles. The van der Waals surface area contributed by atoms with Crippen LogP contribution in [0.1, 0.15) is 13.8 Å². The van der Waals surface area contributed by atoms with Gasteiger partial charge in [-0.15, -0.1) is 5.11 Å². The van der Waals surface area contributed by atoms with E-state index >= 15 is 0 Å². The number of rotatable bonds is 8. The van der Waals surface area contributed by atoms with E-state index in [4.69, 9.17) is 11.6 Å². The van der Waals surface area contributed by atoms with Crippen LogP contribution in [-0.2, 0) is 0 Å². The fraction of sp³-hybridized carbons (Fsp3) is 0.273. The third-order valence-electron chi connectivity index (χ3n) is 4.62. The van der Waals surface area contributed by atoms with Crippen molar-refractivity contribution in [2.75, 3.05) is 31.5 Å². The van der Waals surface area contributed by atoms with Crippen LogP contribution in [0.15, 0.2) is 70.9 Å². The van der Waals surface area contributed by atoms with E-state index in [9.17, 15) is 0 Å². The highest BCUT2D eigenvalue weighted by atomic mass is 35.5. The highest BCUT2D eigenvalue weighted by Crippen LogP contribution is 2.33. The van der Waals surface area contributed by atoms with Crippen LogP contribution in [0.4, 0.5) is 17.1 Å². The Balaban J connectivity index is 1.82. The summed E-state index contributed by atoms with van der Waals surface area (Å²) in [5, 5.41) is 15.2. The van der Waals surface area contributed by atoms with Gasteiger partial charge in [-0.3, -0.25) is 0 Å². The minimum Gasteiger partial charge on any atom is -0.383 e. The van der Waals surface area contributed by atoms with Crippen LogP contribution in [0.2, 0.25) is 5.02 Å². The molecule has 0 aliphatic heterocycles. The van der Waals surface area contributed by atoms with Gasteiger partial charge in [-0.2, -0.15) is 5.11 Å². The predicted molar refractivity (Wildman–Crippen MR) is 116 cm³/mol. The van der Waals surface area contributed by atoms with Crippen molar-refractivity contribution in [3.05, 3.63) is 65.7 Å². The standard InChI is InChI=1S/C22H25ClN4/c1-3-27(4-2)15-14-24-21-12-13-22(20-11-6-5-10-19(20)21)26-25-18-9-7-8-17(23)16-18/h5-13,16,24H,3-4,14-15H2,1-2H3. The van der Waals surface area contributed by atoms with E-state index in [0.717, 1.165) is 54.0 Å². The maximum absolute atomic E-state index is 6.02. The largest absolute Gasteiger partial charge is 0.383 e. The number of benzene rings is 3. The van der Waals surface area contributed by atoms with Gasteiger partial charge in [0.1, 0.15) is 0 Å². The van der Waals surface area contributed by atoms with Gasteiger partial charge >= 0.3 is 0 Å². The Morgan fingerprint density at radius 1 is 0.889 bits per heavy atom. The molecule has 0 aromatic heterocycles. The first kappa shape index (κ1) is 19.3. The second-order valence-electron chi connectivity index (χ2n) is 6.31. The average Bonchev–Trinajstić information content (AvgIpc) is 2.70. The summed E-state index contributed by atoms with van der Waals surface area (Å²) in [7, 11) is 0. The van der Waals surface area contributed by atoms with Crippen molar-refractivity contribution in [2.45, 2.75) is 13.8 Å². The number of hydrogen-bond acceptors (Lipinski definition) is 4. The summed E-state index contributed by atoms with van der Waals surface area (Å²) >= 11 is 6.02. The van der Waals surface area contributed by atoms with Crippen LogP contribution in [0.3, 0.4) is 0 Å². The Kier molecular flexibility index (Phi) is 6.80. The van der Waals surface area contributed by atoms with Crippen LogP contribution in [-0.4, -0.2) is 31.1 Å². The van der Waals surface area contributed by atoms with Gasteiger partial charge in [0.05, 0.1) is 11.4 Å². The number of azo groups is 1. The molecule has 5 heteroatoms. The molecule has 0 amide bonds. The van der Waals surface area contributed by atoms with Crippen molar-refractivity contribution in [3.63, 3.8) is 0 Å². The third-order valence-corrected chi connectivity index (χ3v) is 4.86. The van der Waals surface area contributed by atoms with Gasteiger partial charge in [0.15, 0.2) is 0 Å². The van der Waals surface area contributed by atoms with E-state index in [1.54, 1.807) is 6.07 Å². The Morgan fingerprint density at radius 2 is 1.67 bits per heavy atom. The van der Waals surface area contributed by atoms with Crippen molar-refractivity contribution in [1.29, 1.82) is 0 Å². The van der Waals surface area contributed by atoms with Crippen molar-refractivity contribution >= 4 is 39.4 Å². The molecule has 27 heavy (non-hydrogen) atoms. The molecule has 0 fully saturated rings. The predicted octanol–water partition coefficient (Wildman–Crippen LogP) is 6.66. The number of nitrogens with zero attached hydrogens (tertiary/aromatic N) is 3. The summed E-state index contributed by atoms with van der Waals surface area (Å²) in [6.07, 6.45) is 0. The molecule has 3 aromatic carbocycles. The first-order valence-corrected chi connectivity index (χ1v) is 9.74. The second-order valence-corrected chi connectivity index (χ2v) is 6.75. The molecule has 3 aromatic rings. The summed E-state index contributed by atoms with van der Waals surface area (Å²) in [6.45, 7) is 8.47. The van der Waals surface area contributed by atoms with Crippen LogP contribution in [0.25, 0.3) is 10.8 Å². The SMILES string of the molecule is CCN(CC)CCNc1ccc(N=Nc2cccc(Cl)c2)c2ccccc12. The highest BCUT2D eigenvalue weighted by Gasteiger charge is 2.06. The van der Waals surface area contributed by atoms with Gasteiger partial charge in [0.2, 0.25) is 0 Å². The Morgan fingerprint density at radius 3 is 2.41 bits per heavy atom. The molecule has 1 N–H and O–H groups in total. The summed E-state index contributed by atoms with van der Waals surface area (Å²) < 4.78 is 0. The van der Waals surface area contributed by atoms with Gasteiger partial charge in [-0.05, 0) is 43.4 Å². The Bertz CT molecular complexity index is 919. The molecule has 0 unspecified atom stereocenters. The van der Waals surface area contributed by atoms with Crippen LogP contribution < -0.4 is 5.32 Å². The van der Waals surface area contributed by atoms with Gasteiger partial charge in [-0.1, -0.05) is 55.8 Å². The van der Waals surface area contributed by atoms with E-state index in [-0.39, 0.29) is 0 Å². The number of anilines is 1. The minimum atomic E-state index is 0.657. The normalized spacial score (nSPS) is 11.6. The maximum Gasteiger partial charge on any atom is 0.0936 e. The second kappa shape index (κ2) is 9.49. The van der Waals surface area contributed by atoms with Crippen molar-refractivity contribution in [2.24, 2.45) is 10.2 Å². The van der Waals surface area contributed by atoms with E-state index in [1.807, 2.05) is 30.3 Å². The topological polar surface area (TPSA) is 40.0 Å². The molecular formula is C22H25ClN4. The summed E-state index contributed by atoms with van der Waals surface area (Å²) in [5.74, 6) is 0. The molecule has 4 nitrogen and oxygen atoms in total. The molecule has 0 spiro atoms. The fourth-order valence-corrected chi connectivity index (χ4v) is 3.25. The van der Waals surface area contributed by atoms with Crippen molar-refractivity contribution in [1.82, 2.24) is 4.90 Å². The monoisotopic (exact) mass is 380 g/mol. The molecule has 3 rings (SSSR count). The Labute approximate surface area is 165 Å². The summed E-state index contributed by atoms with van der Waals surface area (Å²) in [5.41, 5.74) is 2.72. The van der Waals surface area contributed by atoms with Gasteiger partial charge < -0.3 is 10.2 Å². The van der Waals surface area contributed by atoms with Crippen LogP contribution in [0.5, 0.6) is 0 Å². The molecule has 0 saturated carbocycles. The van der Waals surface area contributed by atoms with Crippen molar-refractivity contribution in [3.8, 4) is 0 Å². The lowest BCUT2D eigenvalue weighted by Gasteiger charge is -2.19. The van der Waals surface area contributed by atoms with Crippen LogP contribution >= 0.6 is 11.6 Å². The molecule has 0 saturated heterocycles. The molecule has 0 aliphatic rings. The number of hydrogen-bond donors (Lipinski definition) is 1. The fourth-order valence-electron chi connectivity index (χ4n) is 3.06. The molecule has 0 atom stereocenters. The molecule has 140 valence electrons. The van der Waals surface area contributed by atoms with Crippen molar-refractivity contribution < 1.29 is 0 Å². The first-order chi connectivity index (χ1) is 13.2. The smallest absolute Gasteiger partial charge is 0.0936 e. The van der Waals surface area contributed by atoms with Crippen LogP contribution in [0, 0.1) is 0 Å². The minimum absolute atomic E-state index is 0.657. The number of likely N-dealkylation sites (N-methyl/N-ethyl adjacent to an activating group) is 1. The lowest BCUT2D eigenvalue weighted by Crippen LogP contribution is -2.28. The first-order valence-electron chi connectivity index (χ1n) is 9.36. The molecule has 0 radical (unpaired) electrons. The van der Waals surface area contributed by atoms with Gasteiger partial charge in [0, 0.05) is 34.6 Å². The van der Waals surface area contributed by atoms with E-state index < -0.39 is 0 Å². The average molecular weight is 381 g/mol. The van der Waals surface area contributed by atoms with E-state index in [2.05, 4.69) is 58.6 Å². The number of nitrogens with one attached hydrogen (secondary N) is 1. The molecule has 0 aliphatic carbocycles. The summed E-state index contributed by atoms with van der Waals surface area (Å²) in [6, 6.07) is 19.8. The third kappa shape index (κ3) is 5.06. The number of halogens is 1. The van der Waals surface area contributed by atoms with Gasteiger partial charge in [-0.25, -0.2) is 0 Å². The zero-order valence-corrected chi connectivity index (χ0v) is 16.6. The Hall–Kier alpha value is -2.43. The number of fused-ring (bicyclic) bond motifs is 1. The lowest BCUT2D eigenvalue weighted by atomic mass is 10.1. The maximum atomic E-state index is 6.02. The lowest BCUT2D eigenvalue weighted by molar-refractivity contribution is 0.316. The zero-order valence-electron chi connectivity index (χ0n) is 15.8. The molecular weight excluding hydrogens is 356 g/mol. The highest BCUT2D eigenvalue weighted by molar-refractivity contribution is 6.30. The van der Waals surface area contributed by atoms with Gasteiger partial charge in [0.25, 0.3) is 0 Å². The zero-order chi connectivity index (χ0) is 19.1. The summed E-state index contributed by atoms with van der Waals surface area (Å²) in [4.78, 5) is 2.41. The molecule has 0 bridgehead atoms. The quantitative estimate of drug-likeness (QED) is 0.443. The van der Waals surface area contributed by atoms with E-state index in [1.165, 1.54) is 0 Å². The van der Waals surface area contributed by atoms with E-state index in [0.29, 0.717) is 5.02 Å².